The van der Waals surface area contributed by atoms with Crippen LogP contribution in [0.5, 0.6) is 5.75 Å². The van der Waals surface area contributed by atoms with E-state index in [4.69, 9.17) is 4.74 Å². The first-order chi connectivity index (χ1) is 10.1. The second kappa shape index (κ2) is 6.56. The van der Waals surface area contributed by atoms with Gasteiger partial charge in [-0.05, 0) is 36.4 Å². The van der Waals surface area contributed by atoms with E-state index in [0.717, 1.165) is 0 Å². The third-order valence-corrected chi connectivity index (χ3v) is 2.72. The monoisotopic (exact) mass is 284 g/mol. The number of ether oxygens (including phenoxy) is 1. The maximum absolute atomic E-state index is 11.9. The predicted octanol–water partition coefficient (Wildman–Crippen LogP) is 2.48. The summed E-state index contributed by atoms with van der Waals surface area (Å²) in [5.41, 5.74) is 0.681. The molecule has 21 heavy (non-hydrogen) atoms. The second-order valence-corrected chi connectivity index (χ2v) is 4.38. The van der Waals surface area contributed by atoms with Gasteiger partial charge in [0.1, 0.15) is 11.6 Å². The third-order valence-electron chi connectivity index (χ3n) is 2.72. The molecular weight excluding hydrogens is 268 g/mol. The maximum Gasteiger partial charge on any atom is 0.308 e. The normalized spacial score (nSPS) is 13.0. The van der Waals surface area contributed by atoms with Crippen LogP contribution < -0.4 is 15.0 Å². The number of nitrogens with one attached hydrogen (secondary N) is 1. The zero-order valence-corrected chi connectivity index (χ0v) is 11.9. The van der Waals surface area contributed by atoms with Crippen molar-refractivity contribution < 1.29 is 14.3 Å². The topological polar surface area (TPSA) is 58.6 Å². The van der Waals surface area contributed by atoms with Gasteiger partial charge in [0.05, 0.1) is 5.69 Å². The average molecular weight is 284 g/mol. The van der Waals surface area contributed by atoms with E-state index in [9.17, 15) is 9.59 Å². The Morgan fingerprint density at radius 2 is 1.76 bits per heavy atom. The van der Waals surface area contributed by atoms with E-state index in [0.29, 0.717) is 17.3 Å². The van der Waals surface area contributed by atoms with Crippen LogP contribution in [0.25, 0.3) is 0 Å². The van der Waals surface area contributed by atoms with Crippen molar-refractivity contribution in [3.8, 4) is 5.75 Å². The molecule has 0 aromatic heterocycles. The molecule has 0 unspecified atom stereocenters. The number of nitrogens with zero attached hydrogens (tertiary/aromatic N) is 1. The van der Waals surface area contributed by atoms with Crippen LogP contribution in [0.3, 0.4) is 0 Å². The van der Waals surface area contributed by atoms with Crippen LogP contribution in [-0.2, 0) is 9.59 Å². The van der Waals surface area contributed by atoms with Gasteiger partial charge in [-0.3, -0.25) is 14.5 Å². The average Bonchev–Trinajstić information content (AvgIpc) is 2.69. The number of hydrogen-bond donors (Lipinski definition) is 1. The molecule has 0 bridgehead atoms. The number of anilines is 1. The van der Waals surface area contributed by atoms with Crippen molar-refractivity contribution >= 4 is 17.6 Å². The lowest BCUT2D eigenvalue weighted by molar-refractivity contribution is -0.131. The Bertz CT molecular complexity index is 627. The molecule has 1 aromatic rings. The molecule has 108 valence electrons. The lowest BCUT2D eigenvalue weighted by Crippen LogP contribution is -2.33. The Morgan fingerprint density at radius 3 is 2.38 bits per heavy atom. The number of hydrogen-bond acceptors (Lipinski definition) is 4. The van der Waals surface area contributed by atoms with Crippen LogP contribution >= 0.6 is 0 Å². The summed E-state index contributed by atoms with van der Waals surface area (Å²) in [5.74, 6) is 0.581. The van der Waals surface area contributed by atoms with Crippen LogP contribution in [-0.4, -0.2) is 11.9 Å². The summed E-state index contributed by atoms with van der Waals surface area (Å²) < 4.78 is 4.98. The van der Waals surface area contributed by atoms with Crippen molar-refractivity contribution in [2.75, 3.05) is 4.90 Å². The summed E-state index contributed by atoms with van der Waals surface area (Å²) in [5, 5.41) is 3.05. The highest BCUT2D eigenvalue weighted by Crippen LogP contribution is 2.23. The molecule has 0 aliphatic carbocycles. The molecule has 1 aromatic carbocycles. The number of benzene rings is 1. The molecule has 0 saturated heterocycles. The van der Waals surface area contributed by atoms with Gasteiger partial charge in [0, 0.05) is 20.0 Å². The fraction of sp³-hybridized carbons (Fsp3) is 0.125. The first-order valence-corrected chi connectivity index (χ1v) is 6.47. The first kappa shape index (κ1) is 14.6. The van der Waals surface area contributed by atoms with Gasteiger partial charge < -0.3 is 10.1 Å². The summed E-state index contributed by atoms with van der Waals surface area (Å²) in [4.78, 5) is 24.4. The Morgan fingerprint density at radius 1 is 1.05 bits per heavy atom. The van der Waals surface area contributed by atoms with Gasteiger partial charge in [-0.1, -0.05) is 12.2 Å². The molecule has 0 saturated carbocycles. The molecule has 1 heterocycles. The number of rotatable bonds is 3. The van der Waals surface area contributed by atoms with Gasteiger partial charge in [0.2, 0.25) is 5.91 Å². The number of amides is 1. The number of esters is 1. The number of carbonyl (C=O) groups is 2. The van der Waals surface area contributed by atoms with Gasteiger partial charge in [-0.15, -0.1) is 0 Å². The number of allylic oxidation sites excluding steroid dienone is 4. The van der Waals surface area contributed by atoms with E-state index in [-0.39, 0.29) is 11.9 Å². The molecule has 0 spiro atoms. The zero-order valence-electron chi connectivity index (χ0n) is 11.9. The summed E-state index contributed by atoms with van der Waals surface area (Å²) in [6, 6.07) is 6.74. The molecule has 1 aliphatic rings. The first-order valence-electron chi connectivity index (χ1n) is 6.47. The lowest BCUT2D eigenvalue weighted by Gasteiger charge is -2.23. The van der Waals surface area contributed by atoms with E-state index in [1.807, 2.05) is 18.2 Å². The summed E-state index contributed by atoms with van der Waals surface area (Å²) in [7, 11) is 0. The van der Waals surface area contributed by atoms with Crippen molar-refractivity contribution in [1.29, 1.82) is 0 Å². The maximum atomic E-state index is 11.9. The quantitative estimate of drug-likeness (QED) is 0.684. The Balaban J connectivity index is 2.28. The standard InChI is InChI=1S/C16H16N2O3/c1-12(19)18(16-6-4-3-5-11-17-16)14-7-9-15(10-8-14)21-13(2)20/h3-11,17H,1-2H3. The van der Waals surface area contributed by atoms with Gasteiger partial charge in [-0.25, -0.2) is 0 Å². The van der Waals surface area contributed by atoms with Crippen LogP contribution in [0.4, 0.5) is 5.69 Å². The fourth-order valence-corrected chi connectivity index (χ4v) is 1.91. The lowest BCUT2D eigenvalue weighted by atomic mass is 10.2. The summed E-state index contributed by atoms with van der Waals surface area (Å²) >= 11 is 0. The SMILES string of the molecule is CC(=O)Oc1ccc(N(C(C)=O)C2=CC=CC=CN2)cc1. The zero-order chi connectivity index (χ0) is 15.2. The molecular formula is C16H16N2O3. The molecule has 1 amide bonds. The molecule has 5 nitrogen and oxygen atoms in total. The molecule has 0 radical (unpaired) electrons. The highest BCUT2D eigenvalue weighted by molar-refractivity contribution is 5.94. The van der Waals surface area contributed by atoms with E-state index in [2.05, 4.69) is 5.32 Å². The van der Waals surface area contributed by atoms with E-state index in [1.165, 1.54) is 18.7 Å². The summed E-state index contributed by atoms with van der Waals surface area (Å²) in [6.07, 6.45) is 9.10. The van der Waals surface area contributed by atoms with Crippen LogP contribution in [0.2, 0.25) is 0 Å². The van der Waals surface area contributed by atoms with E-state index >= 15 is 0 Å². The Labute approximate surface area is 123 Å². The predicted molar refractivity (Wildman–Crippen MR) is 80.4 cm³/mol. The van der Waals surface area contributed by atoms with Crippen molar-refractivity contribution in [2.45, 2.75) is 13.8 Å². The largest absolute Gasteiger partial charge is 0.427 e. The molecule has 1 N–H and O–H groups in total. The van der Waals surface area contributed by atoms with Crippen molar-refractivity contribution in [2.24, 2.45) is 0 Å². The van der Waals surface area contributed by atoms with E-state index < -0.39 is 0 Å². The molecule has 2 rings (SSSR count). The highest BCUT2D eigenvalue weighted by atomic mass is 16.5. The van der Waals surface area contributed by atoms with Crippen molar-refractivity contribution in [1.82, 2.24) is 5.32 Å². The smallest absolute Gasteiger partial charge is 0.308 e. The highest BCUT2D eigenvalue weighted by Gasteiger charge is 2.16. The van der Waals surface area contributed by atoms with Crippen LogP contribution in [0.1, 0.15) is 13.8 Å². The molecule has 0 atom stereocenters. The van der Waals surface area contributed by atoms with Crippen LogP contribution in [0.15, 0.2) is 60.6 Å². The van der Waals surface area contributed by atoms with Crippen molar-refractivity contribution in [3.63, 3.8) is 0 Å². The van der Waals surface area contributed by atoms with Crippen LogP contribution in [0, 0.1) is 0 Å². The van der Waals surface area contributed by atoms with Gasteiger partial charge in [-0.2, -0.15) is 0 Å². The minimum absolute atomic E-state index is 0.127. The molecule has 5 heteroatoms. The minimum Gasteiger partial charge on any atom is -0.427 e. The fourth-order valence-electron chi connectivity index (χ4n) is 1.91. The van der Waals surface area contributed by atoms with Gasteiger partial charge in [0.25, 0.3) is 0 Å². The van der Waals surface area contributed by atoms with Gasteiger partial charge >= 0.3 is 5.97 Å². The van der Waals surface area contributed by atoms with Crippen molar-refractivity contribution in [3.05, 3.63) is 60.6 Å². The minimum atomic E-state index is -0.380. The Hall–Kier alpha value is -2.82. The van der Waals surface area contributed by atoms with Gasteiger partial charge in [0.15, 0.2) is 0 Å². The number of carbonyl (C=O) groups excluding carboxylic acids is 2. The molecule has 0 fully saturated rings. The Kier molecular flexibility index (Phi) is 4.56. The molecule has 1 aliphatic heterocycles. The third kappa shape index (κ3) is 3.82. The van der Waals surface area contributed by atoms with E-state index in [1.54, 1.807) is 36.5 Å². The summed E-state index contributed by atoms with van der Waals surface area (Å²) in [6.45, 7) is 2.83. The second-order valence-electron chi connectivity index (χ2n) is 4.38.